The van der Waals surface area contributed by atoms with Gasteiger partial charge in [0.15, 0.2) is 0 Å². The molecule has 0 aromatic carbocycles. The van der Waals surface area contributed by atoms with E-state index in [1.807, 2.05) is 0 Å². The maximum absolute atomic E-state index is 13.1. The SMILES string of the molecule is CC(C)(C(=O)O)c1cn(C(C)(F)F)c(=O)cn1. The number of nitrogens with zero attached hydrogens (tertiary/aromatic N) is 2. The van der Waals surface area contributed by atoms with Crippen LogP contribution in [0.2, 0.25) is 0 Å². The summed E-state index contributed by atoms with van der Waals surface area (Å²) in [5.74, 6) is -1.21. The molecule has 1 aromatic rings. The molecule has 5 nitrogen and oxygen atoms in total. The highest BCUT2D eigenvalue weighted by molar-refractivity contribution is 5.79. The third-order valence-electron chi connectivity index (χ3n) is 2.40. The van der Waals surface area contributed by atoms with E-state index in [2.05, 4.69) is 4.98 Å². The number of carbonyl (C=O) groups is 1. The van der Waals surface area contributed by atoms with Gasteiger partial charge in [-0.3, -0.25) is 19.1 Å². The Bertz CT molecular complexity index is 503. The van der Waals surface area contributed by atoms with E-state index < -0.39 is 23.0 Å². The zero-order chi connectivity index (χ0) is 13.4. The van der Waals surface area contributed by atoms with Gasteiger partial charge in [0, 0.05) is 13.1 Å². The van der Waals surface area contributed by atoms with Crippen molar-refractivity contribution in [3.63, 3.8) is 0 Å². The standard InChI is InChI=1S/C10H12F2N2O3/c1-9(2,8(16)17)6-5-14(10(3,11)12)7(15)4-13-6/h4-5H,1-3H3,(H,16,17). The second-order valence-electron chi connectivity index (χ2n) is 4.25. The number of aromatic nitrogens is 2. The van der Waals surface area contributed by atoms with Gasteiger partial charge in [-0.1, -0.05) is 0 Å². The van der Waals surface area contributed by atoms with Crippen molar-refractivity contribution in [2.75, 3.05) is 0 Å². The van der Waals surface area contributed by atoms with Crippen molar-refractivity contribution < 1.29 is 18.7 Å². The van der Waals surface area contributed by atoms with Crippen LogP contribution in [0.25, 0.3) is 0 Å². The van der Waals surface area contributed by atoms with E-state index in [-0.39, 0.29) is 10.3 Å². The molecule has 7 heteroatoms. The minimum absolute atomic E-state index is 0.105. The van der Waals surface area contributed by atoms with Crippen molar-refractivity contribution in [1.29, 1.82) is 0 Å². The largest absolute Gasteiger partial charge is 0.481 e. The summed E-state index contributed by atoms with van der Waals surface area (Å²) in [6.45, 7) is 3.19. The third kappa shape index (κ3) is 2.48. The van der Waals surface area contributed by atoms with E-state index in [1.54, 1.807) is 0 Å². The molecule has 0 atom stereocenters. The van der Waals surface area contributed by atoms with Gasteiger partial charge >= 0.3 is 12.0 Å². The Morgan fingerprint density at radius 3 is 2.35 bits per heavy atom. The van der Waals surface area contributed by atoms with Crippen molar-refractivity contribution in [3.8, 4) is 0 Å². The molecule has 1 rings (SSSR count). The summed E-state index contributed by atoms with van der Waals surface area (Å²) < 4.78 is 26.3. The number of rotatable bonds is 3. The van der Waals surface area contributed by atoms with Crippen LogP contribution in [0.4, 0.5) is 8.78 Å². The first-order valence-corrected chi connectivity index (χ1v) is 4.77. The van der Waals surface area contributed by atoms with E-state index >= 15 is 0 Å². The molecule has 0 spiro atoms. The van der Waals surface area contributed by atoms with Gasteiger partial charge in [0.05, 0.1) is 11.9 Å². The summed E-state index contributed by atoms with van der Waals surface area (Å²) in [4.78, 5) is 25.7. The first-order valence-electron chi connectivity index (χ1n) is 4.77. The van der Waals surface area contributed by atoms with Crippen LogP contribution in [0.5, 0.6) is 0 Å². The van der Waals surface area contributed by atoms with Gasteiger partial charge < -0.3 is 5.11 Å². The first-order chi connectivity index (χ1) is 7.56. The predicted octanol–water partition coefficient (Wildman–Crippen LogP) is 1.17. The minimum Gasteiger partial charge on any atom is -0.481 e. The Morgan fingerprint density at radius 2 is 1.94 bits per heavy atom. The van der Waals surface area contributed by atoms with Gasteiger partial charge in [0.1, 0.15) is 5.41 Å². The monoisotopic (exact) mass is 246 g/mol. The molecule has 0 amide bonds. The molecule has 0 unspecified atom stereocenters. The third-order valence-corrected chi connectivity index (χ3v) is 2.40. The number of carboxylic acid groups (broad SMARTS) is 1. The van der Waals surface area contributed by atoms with Gasteiger partial charge in [-0.15, -0.1) is 0 Å². The van der Waals surface area contributed by atoms with Crippen molar-refractivity contribution in [2.45, 2.75) is 32.2 Å². The van der Waals surface area contributed by atoms with Gasteiger partial charge in [-0.05, 0) is 13.8 Å². The fourth-order valence-corrected chi connectivity index (χ4v) is 1.15. The minimum atomic E-state index is -3.40. The Labute approximate surface area is 95.7 Å². The van der Waals surface area contributed by atoms with Crippen LogP contribution in [0.1, 0.15) is 26.5 Å². The van der Waals surface area contributed by atoms with Gasteiger partial charge in [-0.25, -0.2) is 0 Å². The fraction of sp³-hybridized carbons (Fsp3) is 0.500. The first kappa shape index (κ1) is 13.3. The van der Waals surface area contributed by atoms with E-state index in [1.165, 1.54) is 13.8 Å². The number of hydrogen-bond donors (Lipinski definition) is 1. The molecule has 1 N–H and O–H groups in total. The highest BCUT2D eigenvalue weighted by atomic mass is 19.3. The molecule has 17 heavy (non-hydrogen) atoms. The zero-order valence-corrected chi connectivity index (χ0v) is 9.57. The van der Waals surface area contributed by atoms with Crippen molar-refractivity contribution in [3.05, 3.63) is 28.4 Å². The molecule has 0 saturated carbocycles. The predicted molar refractivity (Wildman–Crippen MR) is 55.0 cm³/mol. The number of aliphatic carboxylic acids is 1. The molecular weight excluding hydrogens is 234 g/mol. The number of halogens is 2. The topological polar surface area (TPSA) is 72.2 Å². The van der Waals surface area contributed by atoms with Gasteiger partial charge in [0.25, 0.3) is 5.56 Å². The zero-order valence-electron chi connectivity index (χ0n) is 9.57. The molecule has 0 radical (unpaired) electrons. The second kappa shape index (κ2) is 3.90. The number of alkyl halides is 2. The second-order valence-corrected chi connectivity index (χ2v) is 4.25. The Kier molecular flexibility index (Phi) is 3.05. The molecule has 0 aliphatic heterocycles. The average molecular weight is 246 g/mol. The van der Waals surface area contributed by atoms with Crippen LogP contribution in [0.3, 0.4) is 0 Å². The van der Waals surface area contributed by atoms with E-state index in [0.717, 1.165) is 6.20 Å². The maximum atomic E-state index is 13.1. The van der Waals surface area contributed by atoms with E-state index in [0.29, 0.717) is 13.1 Å². The Hall–Kier alpha value is -1.79. The Morgan fingerprint density at radius 1 is 1.41 bits per heavy atom. The smallest absolute Gasteiger partial charge is 0.329 e. The molecule has 1 heterocycles. The molecule has 94 valence electrons. The van der Waals surface area contributed by atoms with Crippen molar-refractivity contribution in [2.24, 2.45) is 0 Å². The molecular formula is C10H12F2N2O3. The number of hydrogen-bond acceptors (Lipinski definition) is 3. The molecule has 0 aliphatic carbocycles. The summed E-state index contributed by atoms with van der Waals surface area (Å²) in [6, 6.07) is -3.40. The summed E-state index contributed by atoms with van der Waals surface area (Å²) in [5.41, 5.74) is -2.53. The van der Waals surface area contributed by atoms with E-state index in [9.17, 15) is 18.4 Å². The number of carboxylic acids is 1. The summed E-state index contributed by atoms with van der Waals surface area (Å²) in [6.07, 6.45) is 1.47. The maximum Gasteiger partial charge on any atom is 0.329 e. The van der Waals surface area contributed by atoms with Crippen molar-refractivity contribution in [1.82, 2.24) is 9.55 Å². The van der Waals surface area contributed by atoms with Crippen LogP contribution in [0.15, 0.2) is 17.2 Å². The summed E-state index contributed by atoms with van der Waals surface area (Å²) in [7, 11) is 0. The highest BCUT2D eigenvalue weighted by Gasteiger charge is 2.34. The lowest BCUT2D eigenvalue weighted by Crippen LogP contribution is -2.36. The summed E-state index contributed by atoms with van der Waals surface area (Å²) >= 11 is 0. The van der Waals surface area contributed by atoms with Crippen molar-refractivity contribution >= 4 is 5.97 Å². The summed E-state index contributed by atoms with van der Waals surface area (Å²) in [5, 5.41) is 8.94. The molecule has 0 fully saturated rings. The lowest BCUT2D eigenvalue weighted by Gasteiger charge is -2.21. The quantitative estimate of drug-likeness (QED) is 0.869. The normalized spacial score (nSPS) is 12.5. The Balaban J connectivity index is 3.42. The van der Waals surface area contributed by atoms with Crippen LogP contribution >= 0.6 is 0 Å². The van der Waals surface area contributed by atoms with E-state index in [4.69, 9.17) is 5.11 Å². The van der Waals surface area contributed by atoms with Gasteiger partial charge in [-0.2, -0.15) is 8.78 Å². The fourth-order valence-electron chi connectivity index (χ4n) is 1.15. The molecule has 0 saturated heterocycles. The molecule has 0 aliphatic rings. The van der Waals surface area contributed by atoms with Crippen LogP contribution in [-0.2, 0) is 16.3 Å². The highest BCUT2D eigenvalue weighted by Crippen LogP contribution is 2.23. The lowest BCUT2D eigenvalue weighted by molar-refractivity contribution is -0.142. The average Bonchev–Trinajstić information content (AvgIpc) is 2.15. The molecule has 0 bridgehead atoms. The lowest BCUT2D eigenvalue weighted by atomic mass is 9.90. The molecule has 1 aromatic heterocycles. The van der Waals surface area contributed by atoms with Gasteiger partial charge in [0.2, 0.25) is 0 Å². The van der Waals surface area contributed by atoms with Crippen LogP contribution in [-0.4, -0.2) is 20.6 Å². The van der Waals surface area contributed by atoms with Crippen LogP contribution < -0.4 is 5.56 Å². The van der Waals surface area contributed by atoms with Crippen LogP contribution in [0, 0.1) is 0 Å².